The van der Waals surface area contributed by atoms with Gasteiger partial charge in [-0.15, -0.1) is 17.9 Å². The summed E-state index contributed by atoms with van der Waals surface area (Å²) < 4.78 is 31.7. The molecule has 6 nitrogen and oxygen atoms in total. The molecule has 0 bridgehead atoms. The van der Waals surface area contributed by atoms with Gasteiger partial charge in [0.25, 0.3) is 0 Å². The summed E-state index contributed by atoms with van der Waals surface area (Å²) in [6, 6.07) is 1.12. The van der Waals surface area contributed by atoms with E-state index in [-0.39, 0.29) is 26.7 Å². The Morgan fingerprint density at radius 3 is 2.80 bits per heavy atom. The summed E-state index contributed by atoms with van der Waals surface area (Å²) in [5.41, 5.74) is 0. The van der Waals surface area contributed by atoms with Gasteiger partial charge in [-0.05, 0) is 28.4 Å². The first-order valence-corrected chi connectivity index (χ1v) is 8.68. The molecule has 0 fully saturated rings. The highest BCUT2D eigenvalue weighted by atomic mass is 79.9. The molecule has 1 heterocycles. The van der Waals surface area contributed by atoms with Crippen LogP contribution >= 0.6 is 27.3 Å². The predicted octanol–water partition coefficient (Wildman–Crippen LogP) is 2.08. The predicted molar refractivity (Wildman–Crippen MR) is 79.8 cm³/mol. The second kappa shape index (κ2) is 7.89. The van der Waals surface area contributed by atoms with Gasteiger partial charge in [-0.25, -0.2) is 17.9 Å². The standard InChI is InChI=1S/C11H14BrNO5S2/c1-2-3-5-18-6-4-13-20(16,17)9-7-8(11(14)15)19-10(9)12/h2,7,13H,1,3-6H2,(H,14,15). The normalized spacial score (nSPS) is 11.4. The van der Waals surface area contributed by atoms with Crippen molar-refractivity contribution >= 4 is 43.3 Å². The summed E-state index contributed by atoms with van der Waals surface area (Å²) in [7, 11) is -3.75. The van der Waals surface area contributed by atoms with Crippen LogP contribution in [0, 0.1) is 0 Å². The molecule has 1 aromatic rings. The van der Waals surface area contributed by atoms with Crippen molar-refractivity contribution in [1.82, 2.24) is 4.72 Å². The fraction of sp³-hybridized carbons (Fsp3) is 0.364. The number of carboxylic acids is 1. The third-order valence-corrected chi connectivity index (χ3v) is 5.86. The van der Waals surface area contributed by atoms with Crippen molar-refractivity contribution in [1.29, 1.82) is 0 Å². The Morgan fingerprint density at radius 2 is 2.25 bits per heavy atom. The molecular formula is C11H14BrNO5S2. The molecule has 2 N–H and O–H groups in total. The third kappa shape index (κ3) is 4.98. The molecule has 9 heteroatoms. The highest BCUT2D eigenvalue weighted by molar-refractivity contribution is 9.11. The van der Waals surface area contributed by atoms with Gasteiger partial charge in [0.1, 0.15) is 9.77 Å². The number of hydrogen-bond donors (Lipinski definition) is 2. The summed E-state index contributed by atoms with van der Waals surface area (Å²) in [6.45, 7) is 4.37. The number of sulfonamides is 1. The highest BCUT2D eigenvalue weighted by Crippen LogP contribution is 2.31. The minimum atomic E-state index is -3.75. The maximum absolute atomic E-state index is 12.0. The Labute approximate surface area is 129 Å². The Bertz CT molecular complexity index is 582. The van der Waals surface area contributed by atoms with Gasteiger partial charge < -0.3 is 9.84 Å². The molecule has 1 aromatic heterocycles. The Morgan fingerprint density at radius 1 is 1.55 bits per heavy atom. The van der Waals surface area contributed by atoms with Gasteiger partial charge in [0.15, 0.2) is 0 Å². The third-order valence-electron chi connectivity index (χ3n) is 2.16. The van der Waals surface area contributed by atoms with E-state index in [9.17, 15) is 13.2 Å². The zero-order chi connectivity index (χ0) is 15.2. The van der Waals surface area contributed by atoms with E-state index >= 15 is 0 Å². The van der Waals surface area contributed by atoms with Crippen molar-refractivity contribution in [2.45, 2.75) is 11.3 Å². The Hall–Kier alpha value is -0.740. The van der Waals surface area contributed by atoms with Crippen LogP contribution in [0.2, 0.25) is 0 Å². The lowest BCUT2D eigenvalue weighted by molar-refractivity contribution is 0.0702. The topological polar surface area (TPSA) is 92.7 Å². The molecule has 0 amide bonds. The number of rotatable bonds is 9. The molecular weight excluding hydrogens is 370 g/mol. The van der Waals surface area contributed by atoms with E-state index in [0.717, 1.165) is 17.4 Å². The molecule has 0 aromatic carbocycles. The molecule has 0 unspecified atom stereocenters. The molecule has 0 spiro atoms. The van der Waals surface area contributed by atoms with Crippen molar-refractivity contribution in [3.8, 4) is 0 Å². The zero-order valence-corrected chi connectivity index (χ0v) is 13.7. The number of ether oxygens (including phenoxy) is 1. The lowest BCUT2D eigenvalue weighted by Gasteiger charge is -2.06. The number of hydrogen-bond acceptors (Lipinski definition) is 5. The van der Waals surface area contributed by atoms with Gasteiger partial charge >= 0.3 is 5.97 Å². The van der Waals surface area contributed by atoms with E-state index in [1.165, 1.54) is 0 Å². The molecule has 0 saturated heterocycles. The SMILES string of the molecule is C=CCCOCCNS(=O)(=O)c1cc(C(=O)O)sc1Br. The molecule has 0 radical (unpaired) electrons. The molecule has 0 aliphatic carbocycles. The van der Waals surface area contributed by atoms with Crippen molar-refractivity contribution in [3.05, 3.63) is 27.4 Å². The van der Waals surface area contributed by atoms with Crippen LogP contribution in [0.5, 0.6) is 0 Å². The first kappa shape index (κ1) is 17.3. The molecule has 112 valence electrons. The summed E-state index contributed by atoms with van der Waals surface area (Å²) in [5, 5.41) is 8.83. The van der Waals surface area contributed by atoms with E-state index in [0.29, 0.717) is 13.0 Å². The second-order valence-corrected chi connectivity index (χ2v) is 7.75. The number of halogens is 1. The second-order valence-electron chi connectivity index (χ2n) is 3.64. The van der Waals surface area contributed by atoms with Crippen LogP contribution in [0.1, 0.15) is 16.1 Å². The van der Waals surface area contributed by atoms with Crippen molar-refractivity contribution < 1.29 is 23.1 Å². The van der Waals surface area contributed by atoms with Crippen molar-refractivity contribution in [2.75, 3.05) is 19.8 Å². The summed E-state index contributed by atoms with van der Waals surface area (Å²) >= 11 is 3.91. The first-order chi connectivity index (χ1) is 9.38. The Balaban J connectivity index is 2.60. The van der Waals surface area contributed by atoms with E-state index in [1.807, 2.05) is 0 Å². The smallest absolute Gasteiger partial charge is 0.345 e. The Kier molecular flexibility index (Phi) is 6.83. The van der Waals surface area contributed by atoms with Crippen LogP contribution in [0.15, 0.2) is 27.4 Å². The van der Waals surface area contributed by atoms with Crippen molar-refractivity contribution in [2.24, 2.45) is 0 Å². The molecule has 0 saturated carbocycles. The fourth-order valence-corrected chi connectivity index (χ4v) is 4.65. The maximum atomic E-state index is 12.0. The number of aromatic carboxylic acids is 1. The average molecular weight is 384 g/mol. The van der Waals surface area contributed by atoms with Crippen LogP contribution in [0.4, 0.5) is 0 Å². The molecule has 1 rings (SSSR count). The molecule has 20 heavy (non-hydrogen) atoms. The number of nitrogens with one attached hydrogen (secondary N) is 1. The van der Waals surface area contributed by atoms with E-state index in [4.69, 9.17) is 9.84 Å². The quantitative estimate of drug-likeness (QED) is 0.502. The molecule has 0 atom stereocenters. The number of thiophene rings is 1. The van der Waals surface area contributed by atoms with Crippen LogP contribution in [0.25, 0.3) is 0 Å². The van der Waals surface area contributed by atoms with Crippen molar-refractivity contribution in [3.63, 3.8) is 0 Å². The maximum Gasteiger partial charge on any atom is 0.345 e. The van der Waals surface area contributed by atoms with E-state index < -0.39 is 16.0 Å². The monoisotopic (exact) mass is 383 g/mol. The van der Waals surface area contributed by atoms with E-state index in [2.05, 4.69) is 27.2 Å². The fourth-order valence-electron chi connectivity index (χ4n) is 1.24. The van der Waals surface area contributed by atoms with Gasteiger partial charge in [0, 0.05) is 6.54 Å². The van der Waals surface area contributed by atoms with Gasteiger partial charge in [-0.3, -0.25) is 0 Å². The molecule has 0 aliphatic rings. The first-order valence-electron chi connectivity index (χ1n) is 5.59. The van der Waals surface area contributed by atoms with Crippen LogP contribution in [-0.4, -0.2) is 39.3 Å². The number of carboxylic acid groups (broad SMARTS) is 1. The van der Waals surface area contributed by atoms with Crippen LogP contribution < -0.4 is 4.72 Å². The number of carbonyl (C=O) groups is 1. The largest absolute Gasteiger partial charge is 0.477 e. The summed E-state index contributed by atoms with van der Waals surface area (Å²) in [5.74, 6) is -1.16. The summed E-state index contributed by atoms with van der Waals surface area (Å²) in [4.78, 5) is 10.7. The lowest BCUT2D eigenvalue weighted by Crippen LogP contribution is -2.27. The van der Waals surface area contributed by atoms with E-state index in [1.54, 1.807) is 6.08 Å². The van der Waals surface area contributed by atoms with Gasteiger partial charge in [0.2, 0.25) is 10.0 Å². The van der Waals surface area contributed by atoms with Gasteiger partial charge in [0.05, 0.1) is 17.0 Å². The zero-order valence-electron chi connectivity index (χ0n) is 10.5. The van der Waals surface area contributed by atoms with Crippen LogP contribution in [-0.2, 0) is 14.8 Å². The summed E-state index contributed by atoms with van der Waals surface area (Å²) in [6.07, 6.45) is 2.41. The lowest BCUT2D eigenvalue weighted by atomic mass is 10.5. The minimum Gasteiger partial charge on any atom is -0.477 e. The molecule has 0 aliphatic heterocycles. The van der Waals surface area contributed by atoms with Gasteiger partial charge in [-0.1, -0.05) is 6.08 Å². The van der Waals surface area contributed by atoms with Crippen LogP contribution in [0.3, 0.4) is 0 Å². The highest BCUT2D eigenvalue weighted by Gasteiger charge is 2.22. The minimum absolute atomic E-state index is 0.0421. The van der Waals surface area contributed by atoms with Gasteiger partial charge in [-0.2, -0.15) is 0 Å². The average Bonchev–Trinajstić information content (AvgIpc) is 2.77.